The molecule has 0 bridgehead atoms. The van der Waals surface area contributed by atoms with Gasteiger partial charge in [-0.05, 0) is 76.3 Å². The highest BCUT2D eigenvalue weighted by molar-refractivity contribution is 6.10. The summed E-state index contributed by atoms with van der Waals surface area (Å²) in [5.74, 6) is 0.724. The van der Waals surface area contributed by atoms with Crippen molar-refractivity contribution in [3.63, 3.8) is 0 Å². The molecular weight excluding hydrogens is 633 g/mol. The predicted molar refractivity (Wildman–Crippen MR) is 213 cm³/mol. The van der Waals surface area contributed by atoms with E-state index in [4.69, 9.17) is 9.97 Å². The minimum atomic E-state index is -0.255. The van der Waals surface area contributed by atoms with Crippen molar-refractivity contribution in [3.05, 3.63) is 181 Å². The summed E-state index contributed by atoms with van der Waals surface area (Å²) in [6.45, 7) is 4.59. The van der Waals surface area contributed by atoms with E-state index in [1.807, 2.05) is 24.5 Å². The number of para-hydroxylation sites is 2. The van der Waals surface area contributed by atoms with Gasteiger partial charge in [-0.2, -0.15) is 0 Å². The van der Waals surface area contributed by atoms with Crippen molar-refractivity contribution in [2.75, 3.05) is 0 Å². The first kappa shape index (κ1) is 30.2. The van der Waals surface area contributed by atoms with Crippen LogP contribution in [0.4, 0.5) is 0 Å². The van der Waals surface area contributed by atoms with Crippen molar-refractivity contribution < 1.29 is 0 Å². The Bertz CT molecular complexity index is 2800. The zero-order valence-corrected chi connectivity index (χ0v) is 29.0. The molecule has 3 heterocycles. The second-order valence-electron chi connectivity index (χ2n) is 14.1. The van der Waals surface area contributed by atoms with Crippen LogP contribution in [0.1, 0.15) is 25.0 Å². The number of aromatic nitrogens is 4. The average Bonchev–Trinajstić information content (AvgIpc) is 3.66. The predicted octanol–water partition coefficient (Wildman–Crippen LogP) is 11.9. The molecule has 0 N–H and O–H groups in total. The lowest BCUT2D eigenvalue weighted by molar-refractivity contribution is 0.658. The monoisotopic (exact) mass is 666 g/mol. The Labute approximate surface area is 302 Å². The van der Waals surface area contributed by atoms with Gasteiger partial charge in [-0.25, -0.2) is 9.97 Å². The molecule has 0 saturated heterocycles. The summed E-state index contributed by atoms with van der Waals surface area (Å²) in [5, 5.41) is 2.49. The molecule has 0 spiro atoms. The molecule has 10 rings (SSSR count). The summed E-state index contributed by atoms with van der Waals surface area (Å²) < 4.78 is 2.36. The summed E-state index contributed by atoms with van der Waals surface area (Å²) in [5.41, 5.74) is 15.6. The largest absolute Gasteiger partial charge is 0.309 e. The van der Waals surface area contributed by atoms with Crippen LogP contribution in [-0.4, -0.2) is 19.5 Å². The Morgan fingerprint density at radius 3 is 1.94 bits per heavy atom. The van der Waals surface area contributed by atoms with Gasteiger partial charge in [-0.3, -0.25) is 4.98 Å². The Morgan fingerprint density at radius 2 is 1.10 bits per heavy atom. The number of benzene rings is 6. The van der Waals surface area contributed by atoms with E-state index in [1.165, 1.54) is 49.6 Å². The van der Waals surface area contributed by atoms with E-state index in [1.54, 1.807) is 0 Å². The van der Waals surface area contributed by atoms with Crippen LogP contribution in [0, 0.1) is 0 Å². The number of pyridine rings is 1. The SMILES string of the molecule is CC1(C)c2ccccc2-c2nc(-c3cccc(-c4ccncc4)c3)nc(-c3ccc(-c4ccc5c(c4)c4ccccc4n5-c4ccccc4)cc3)c21. The number of nitrogens with zero attached hydrogens (tertiary/aromatic N) is 4. The van der Waals surface area contributed by atoms with Crippen LogP contribution in [0.2, 0.25) is 0 Å². The van der Waals surface area contributed by atoms with Gasteiger partial charge in [0.1, 0.15) is 0 Å². The van der Waals surface area contributed by atoms with Crippen molar-refractivity contribution in [3.8, 4) is 61.8 Å². The van der Waals surface area contributed by atoms with E-state index in [-0.39, 0.29) is 5.41 Å². The van der Waals surface area contributed by atoms with E-state index in [0.717, 1.165) is 45.2 Å². The highest BCUT2D eigenvalue weighted by Gasteiger charge is 2.40. The Kier molecular flexibility index (Phi) is 6.80. The van der Waals surface area contributed by atoms with Crippen molar-refractivity contribution in [2.24, 2.45) is 0 Å². The molecule has 1 aliphatic rings. The third kappa shape index (κ3) is 4.72. The van der Waals surface area contributed by atoms with Crippen LogP contribution in [0.15, 0.2) is 170 Å². The number of hydrogen-bond donors (Lipinski definition) is 0. The van der Waals surface area contributed by atoms with Crippen molar-refractivity contribution >= 4 is 21.8 Å². The lowest BCUT2D eigenvalue weighted by atomic mass is 9.80. The van der Waals surface area contributed by atoms with Crippen LogP contribution >= 0.6 is 0 Å². The first-order valence-electron chi connectivity index (χ1n) is 17.8. The van der Waals surface area contributed by atoms with Crippen molar-refractivity contribution in [2.45, 2.75) is 19.3 Å². The minimum absolute atomic E-state index is 0.255. The maximum absolute atomic E-state index is 5.38. The molecule has 0 radical (unpaired) electrons. The fourth-order valence-corrected chi connectivity index (χ4v) is 8.17. The van der Waals surface area contributed by atoms with Gasteiger partial charge in [0.15, 0.2) is 5.82 Å². The van der Waals surface area contributed by atoms with Crippen molar-refractivity contribution in [1.82, 2.24) is 19.5 Å². The molecule has 0 aliphatic heterocycles. The third-order valence-electron chi connectivity index (χ3n) is 10.7. The fraction of sp³-hybridized carbons (Fsp3) is 0.0625. The van der Waals surface area contributed by atoms with Gasteiger partial charge in [0.2, 0.25) is 0 Å². The fourth-order valence-electron chi connectivity index (χ4n) is 8.17. The number of hydrogen-bond acceptors (Lipinski definition) is 3. The van der Waals surface area contributed by atoms with E-state index < -0.39 is 0 Å². The Morgan fingerprint density at radius 1 is 0.462 bits per heavy atom. The lowest BCUT2D eigenvalue weighted by Crippen LogP contribution is -2.17. The van der Waals surface area contributed by atoms with E-state index >= 15 is 0 Å². The highest BCUT2D eigenvalue weighted by atomic mass is 15.0. The Hall–Kier alpha value is -6.65. The van der Waals surface area contributed by atoms with Crippen LogP contribution in [-0.2, 0) is 5.41 Å². The first-order valence-corrected chi connectivity index (χ1v) is 17.8. The molecule has 0 amide bonds. The van der Waals surface area contributed by atoms with Crippen LogP contribution in [0.3, 0.4) is 0 Å². The smallest absolute Gasteiger partial charge is 0.160 e. The number of rotatable bonds is 5. The average molecular weight is 667 g/mol. The zero-order chi connectivity index (χ0) is 34.8. The second kappa shape index (κ2) is 11.7. The summed E-state index contributed by atoms with van der Waals surface area (Å²) >= 11 is 0. The molecular formula is C48H34N4. The first-order chi connectivity index (χ1) is 25.5. The van der Waals surface area contributed by atoms with Crippen LogP contribution in [0.5, 0.6) is 0 Å². The summed E-state index contributed by atoms with van der Waals surface area (Å²) in [7, 11) is 0. The van der Waals surface area contributed by atoms with E-state index in [9.17, 15) is 0 Å². The minimum Gasteiger partial charge on any atom is -0.309 e. The van der Waals surface area contributed by atoms with Crippen LogP contribution < -0.4 is 0 Å². The standard InChI is InChI=1S/C48H34N4/c1-48(2)41-17-8-6-16-39(41)46-44(48)45(50-47(51-46)36-12-10-11-34(29-36)32-25-27-49-28-26-32)33-21-19-31(20-22-33)35-23-24-43-40(30-35)38-15-7-9-18-42(38)52(43)37-13-4-3-5-14-37/h3-30H,1-2H3. The van der Waals surface area contributed by atoms with Gasteiger partial charge in [-0.15, -0.1) is 0 Å². The molecule has 0 atom stereocenters. The lowest BCUT2D eigenvalue weighted by Gasteiger charge is -2.24. The third-order valence-corrected chi connectivity index (χ3v) is 10.7. The molecule has 3 aromatic heterocycles. The normalized spacial score (nSPS) is 13.0. The maximum Gasteiger partial charge on any atom is 0.160 e. The van der Waals surface area contributed by atoms with Gasteiger partial charge in [0, 0.05) is 56.5 Å². The van der Waals surface area contributed by atoms with Gasteiger partial charge in [-0.1, -0.05) is 123 Å². The molecule has 0 saturated carbocycles. The molecule has 52 heavy (non-hydrogen) atoms. The van der Waals surface area contributed by atoms with Gasteiger partial charge >= 0.3 is 0 Å². The van der Waals surface area contributed by atoms with Gasteiger partial charge < -0.3 is 4.57 Å². The number of fused-ring (bicyclic) bond motifs is 6. The van der Waals surface area contributed by atoms with Crippen LogP contribution in [0.25, 0.3) is 83.6 Å². The highest BCUT2D eigenvalue weighted by Crippen LogP contribution is 2.51. The zero-order valence-electron chi connectivity index (χ0n) is 29.0. The summed E-state index contributed by atoms with van der Waals surface area (Å²) in [4.78, 5) is 14.9. The summed E-state index contributed by atoms with van der Waals surface area (Å²) in [6, 6.07) is 56.3. The van der Waals surface area contributed by atoms with Crippen molar-refractivity contribution in [1.29, 1.82) is 0 Å². The molecule has 4 nitrogen and oxygen atoms in total. The molecule has 0 unspecified atom stereocenters. The molecule has 6 aromatic carbocycles. The quantitative estimate of drug-likeness (QED) is 0.184. The maximum atomic E-state index is 5.38. The summed E-state index contributed by atoms with van der Waals surface area (Å²) in [6.07, 6.45) is 3.66. The van der Waals surface area contributed by atoms with Gasteiger partial charge in [0.05, 0.1) is 22.4 Å². The molecule has 4 heteroatoms. The molecule has 1 aliphatic carbocycles. The van der Waals surface area contributed by atoms with E-state index in [0.29, 0.717) is 0 Å². The second-order valence-corrected chi connectivity index (χ2v) is 14.1. The molecule has 0 fully saturated rings. The van der Waals surface area contributed by atoms with E-state index in [2.05, 4.69) is 169 Å². The molecule has 246 valence electrons. The molecule has 9 aromatic rings. The Balaban J connectivity index is 1.10. The van der Waals surface area contributed by atoms with Gasteiger partial charge in [0.25, 0.3) is 0 Å². The topological polar surface area (TPSA) is 43.6 Å².